The SMILES string of the molecule is CC(C)CN(C(=O)COC(=O)CCC(=O)c1ccc2c(c1)CCCC2)C1CCS(=O)(=O)C1. The predicted molar refractivity (Wildman–Crippen MR) is 121 cm³/mol. The van der Waals surface area contributed by atoms with Crippen molar-refractivity contribution in [2.75, 3.05) is 24.7 Å². The molecule has 8 heteroatoms. The van der Waals surface area contributed by atoms with Crippen LogP contribution in [-0.4, -0.2) is 61.7 Å². The van der Waals surface area contributed by atoms with Crippen molar-refractivity contribution in [1.29, 1.82) is 0 Å². The fourth-order valence-electron chi connectivity index (χ4n) is 4.43. The minimum atomic E-state index is -3.13. The molecule has 1 aromatic rings. The van der Waals surface area contributed by atoms with Crippen molar-refractivity contribution >= 4 is 27.5 Å². The lowest BCUT2D eigenvalue weighted by atomic mass is 9.89. The maximum absolute atomic E-state index is 12.7. The van der Waals surface area contributed by atoms with Gasteiger partial charge >= 0.3 is 5.97 Å². The van der Waals surface area contributed by atoms with Gasteiger partial charge in [0.2, 0.25) is 0 Å². The molecular formula is C24H33NO6S. The first-order valence-corrected chi connectivity index (χ1v) is 13.3. The average molecular weight is 464 g/mol. The number of ketones is 1. The molecule has 0 spiro atoms. The summed E-state index contributed by atoms with van der Waals surface area (Å²) in [6.45, 7) is 3.87. The van der Waals surface area contributed by atoms with Crippen LogP contribution in [0.3, 0.4) is 0 Å². The number of benzene rings is 1. The summed E-state index contributed by atoms with van der Waals surface area (Å²) in [5, 5.41) is 0. The van der Waals surface area contributed by atoms with Gasteiger partial charge in [0.1, 0.15) is 0 Å². The van der Waals surface area contributed by atoms with Crippen molar-refractivity contribution in [3.63, 3.8) is 0 Å². The Hall–Kier alpha value is -2.22. The maximum atomic E-state index is 12.7. The number of fused-ring (bicyclic) bond motifs is 1. The number of carbonyl (C=O) groups excluding carboxylic acids is 3. The highest BCUT2D eigenvalue weighted by Gasteiger charge is 2.35. The van der Waals surface area contributed by atoms with Gasteiger partial charge in [-0.15, -0.1) is 0 Å². The van der Waals surface area contributed by atoms with Crippen LogP contribution in [0.4, 0.5) is 0 Å². The standard InChI is InChI=1S/C24H33NO6S/c1-17(2)14-25(21-11-12-32(29,30)16-21)23(27)15-31-24(28)10-9-22(26)20-8-7-18-5-3-4-6-19(18)13-20/h7-8,13,17,21H,3-6,9-12,14-16H2,1-2H3. The third-order valence-corrected chi connectivity index (χ3v) is 7.87. The molecule has 176 valence electrons. The third-order valence-electron chi connectivity index (χ3n) is 6.11. The first kappa shape index (κ1) is 24.4. The third kappa shape index (κ3) is 6.64. The molecule has 0 saturated carbocycles. The van der Waals surface area contributed by atoms with Gasteiger partial charge < -0.3 is 9.64 Å². The molecule has 2 aliphatic rings. The lowest BCUT2D eigenvalue weighted by Crippen LogP contribution is -2.45. The topological polar surface area (TPSA) is 97.8 Å². The molecule has 0 radical (unpaired) electrons. The lowest BCUT2D eigenvalue weighted by molar-refractivity contribution is -0.153. The average Bonchev–Trinajstić information content (AvgIpc) is 3.12. The summed E-state index contributed by atoms with van der Waals surface area (Å²) >= 11 is 0. The first-order chi connectivity index (χ1) is 15.1. The second-order valence-corrected chi connectivity index (χ2v) is 11.5. The van der Waals surface area contributed by atoms with Crippen LogP contribution >= 0.6 is 0 Å². The second-order valence-electron chi connectivity index (χ2n) is 9.27. The van der Waals surface area contributed by atoms with Crippen LogP contribution < -0.4 is 0 Å². The molecule has 0 N–H and O–H groups in total. The van der Waals surface area contributed by atoms with Gasteiger partial charge in [0, 0.05) is 24.6 Å². The van der Waals surface area contributed by atoms with Gasteiger partial charge in [-0.25, -0.2) is 8.42 Å². The Morgan fingerprint density at radius 3 is 2.47 bits per heavy atom. The van der Waals surface area contributed by atoms with E-state index in [-0.39, 0.29) is 42.1 Å². The predicted octanol–water partition coefficient (Wildman–Crippen LogP) is 2.74. The molecule has 1 amide bonds. The minimum Gasteiger partial charge on any atom is -0.456 e. The van der Waals surface area contributed by atoms with E-state index < -0.39 is 28.3 Å². The van der Waals surface area contributed by atoms with Gasteiger partial charge in [0.05, 0.1) is 17.9 Å². The molecule has 1 aromatic carbocycles. The Balaban J connectivity index is 1.48. The van der Waals surface area contributed by atoms with Crippen LogP contribution in [0.1, 0.15) is 67.4 Å². The monoisotopic (exact) mass is 463 g/mol. The lowest BCUT2D eigenvalue weighted by Gasteiger charge is -2.29. The number of amides is 1. The van der Waals surface area contributed by atoms with Crippen LogP contribution in [-0.2, 0) is 37.0 Å². The summed E-state index contributed by atoms with van der Waals surface area (Å²) in [6.07, 6.45) is 4.68. The van der Waals surface area contributed by atoms with Crippen molar-refractivity contribution in [3.05, 3.63) is 34.9 Å². The number of Topliss-reactive ketones (excluding diaryl/α,β-unsaturated/α-hetero) is 1. The smallest absolute Gasteiger partial charge is 0.306 e. The van der Waals surface area contributed by atoms with E-state index in [1.165, 1.54) is 22.4 Å². The van der Waals surface area contributed by atoms with E-state index in [0.717, 1.165) is 19.3 Å². The van der Waals surface area contributed by atoms with Gasteiger partial charge in [-0.3, -0.25) is 14.4 Å². The van der Waals surface area contributed by atoms with E-state index in [1.54, 1.807) is 0 Å². The molecule has 32 heavy (non-hydrogen) atoms. The summed E-state index contributed by atoms with van der Waals surface area (Å²) in [7, 11) is -3.13. The zero-order valence-electron chi connectivity index (χ0n) is 19.0. The van der Waals surface area contributed by atoms with E-state index in [1.807, 2.05) is 32.0 Å². The molecule has 7 nitrogen and oxygen atoms in total. The molecule has 0 bridgehead atoms. The molecule has 0 aromatic heterocycles. The van der Waals surface area contributed by atoms with Crippen LogP contribution in [0.15, 0.2) is 18.2 Å². The molecule has 1 atom stereocenters. The van der Waals surface area contributed by atoms with Crippen LogP contribution in [0.5, 0.6) is 0 Å². The number of rotatable bonds is 9. The highest BCUT2D eigenvalue weighted by Crippen LogP contribution is 2.23. The highest BCUT2D eigenvalue weighted by molar-refractivity contribution is 7.91. The summed E-state index contributed by atoms with van der Waals surface area (Å²) in [6, 6.07) is 5.39. The van der Waals surface area contributed by atoms with Crippen molar-refractivity contribution in [2.45, 2.75) is 64.8 Å². The van der Waals surface area contributed by atoms with Crippen LogP contribution in [0.25, 0.3) is 0 Å². The molecule has 1 saturated heterocycles. The number of ether oxygens (including phenoxy) is 1. The van der Waals surface area contributed by atoms with Crippen LogP contribution in [0.2, 0.25) is 0 Å². The maximum Gasteiger partial charge on any atom is 0.306 e. The molecule has 1 heterocycles. The number of carbonyl (C=O) groups is 3. The fourth-order valence-corrected chi connectivity index (χ4v) is 6.16. The van der Waals surface area contributed by atoms with Gasteiger partial charge in [0.15, 0.2) is 22.2 Å². The summed E-state index contributed by atoms with van der Waals surface area (Å²) in [5.41, 5.74) is 3.13. The number of sulfone groups is 1. The number of esters is 1. The van der Waals surface area contributed by atoms with Crippen molar-refractivity contribution in [1.82, 2.24) is 4.90 Å². The minimum absolute atomic E-state index is 0.0301. The second kappa shape index (κ2) is 10.6. The molecule has 3 rings (SSSR count). The van der Waals surface area contributed by atoms with Crippen molar-refractivity contribution in [2.24, 2.45) is 5.92 Å². The van der Waals surface area contributed by atoms with E-state index in [4.69, 9.17) is 4.74 Å². The number of aryl methyl sites for hydroxylation is 2. The number of hydrogen-bond donors (Lipinski definition) is 0. The van der Waals surface area contributed by atoms with Gasteiger partial charge in [-0.05, 0) is 55.2 Å². The molecule has 1 fully saturated rings. The summed E-state index contributed by atoms with van der Waals surface area (Å²) in [4.78, 5) is 38.8. The Morgan fingerprint density at radius 1 is 1.09 bits per heavy atom. The quantitative estimate of drug-likeness (QED) is 0.413. The Bertz CT molecular complexity index is 969. The number of hydrogen-bond acceptors (Lipinski definition) is 6. The Labute approximate surface area is 190 Å². The molecule has 1 aliphatic carbocycles. The number of nitrogens with zero attached hydrogens (tertiary/aromatic N) is 1. The highest BCUT2D eigenvalue weighted by atomic mass is 32.2. The Kier molecular flexibility index (Phi) is 8.09. The van der Waals surface area contributed by atoms with E-state index >= 15 is 0 Å². The first-order valence-electron chi connectivity index (χ1n) is 11.4. The van der Waals surface area contributed by atoms with Crippen molar-refractivity contribution in [3.8, 4) is 0 Å². The Morgan fingerprint density at radius 2 is 1.81 bits per heavy atom. The summed E-state index contributed by atoms with van der Waals surface area (Å²) in [5.74, 6) is -0.923. The molecular weight excluding hydrogens is 430 g/mol. The fraction of sp³-hybridized carbons (Fsp3) is 0.625. The molecule has 1 aliphatic heterocycles. The summed E-state index contributed by atoms with van der Waals surface area (Å²) < 4.78 is 28.7. The molecule has 1 unspecified atom stereocenters. The van der Waals surface area contributed by atoms with Gasteiger partial charge in [-0.1, -0.05) is 26.0 Å². The zero-order chi connectivity index (χ0) is 23.3. The van der Waals surface area contributed by atoms with E-state index in [9.17, 15) is 22.8 Å². The van der Waals surface area contributed by atoms with E-state index in [2.05, 4.69) is 0 Å². The van der Waals surface area contributed by atoms with Crippen LogP contribution in [0, 0.1) is 5.92 Å². The largest absolute Gasteiger partial charge is 0.456 e. The van der Waals surface area contributed by atoms with Gasteiger partial charge in [0.25, 0.3) is 5.91 Å². The van der Waals surface area contributed by atoms with E-state index in [0.29, 0.717) is 18.5 Å². The normalized spacial score (nSPS) is 19.4. The van der Waals surface area contributed by atoms with Crippen molar-refractivity contribution < 1.29 is 27.5 Å². The van der Waals surface area contributed by atoms with Gasteiger partial charge in [-0.2, -0.15) is 0 Å². The zero-order valence-corrected chi connectivity index (χ0v) is 19.8.